The first-order valence-electron chi connectivity index (χ1n) is 7.85. The van der Waals surface area contributed by atoms with E-state index in [9.17, 15) is 13.2 Å². The summed E-state index contributed by atoms with van der Waals surface area (Å²) in [6, 6.07) is 10.2. The molecule has 4 rings (SSSR count). The van der Waals surface area contributed by atoms with Gasteiger partial charge in [-0.3, -0.25) is 9.55 Å². The zero-order chi connectivity index (χ0) is 19.0. The van der Waals surface area contributed by atoms with Crippen molar-refractivity contribution in [2.45, 2.75) is 6.18 Å². The molecule has 0 bridgehead atoms. The van der Waals surface area contributed by atoms with Gasteiger partial charge in [0.1, 0.15) is 5.82 Å². The van der Waals surface area contributed by atoms with Crippen LogP contribution < -0.4 is 4.74 Å². The predicted molar refractivity (Wildman–Crippen MR) is 91.4 cm³/mol. The second kappa shape index (κ2) is 6.35. The van der Waals surface area contributed by atoms with E-state index in [2.05, 4.69) is 20.2 Å². The highest BCUT2D eigenvalue weighted by Gasteiger charge is 2.31. The van der Waals surface area contributed by atoms with Crippen molar-refractivity contribution in [3.8, 4) is 23.1 Å². The quantitative estimate of drug-likeness (QED) is 0.546. The van der Waals surface area contributed by atoms with Crippen LogP contribution in [-0.2, 0) is 6.18 Å². The van der Waals surface area contributed by atoms with E-state index in [0.29, 0.717) is 28.6 Å². The Balaban J connectivity index is 1.98. The normalized spacial score (nSPS) is 11.7. The molecule has 136 valence electrons. The molecule has 4 aromatic rings. The Bertz CT molecular complexity index is 1090. The number of benzene rings is 1. The van der Waals surface area contributed by atoms with Gasteiger partial charge in [-0.25, -0.2) is 4.98 Å². The van der Waals surface area contributed by atoms with E-state index in [4.69, 9.17) is 4.74 Å². The molecule has 3 heterocycles. The minimum absolute atomic E-state index is 0.196. The first-order valence-corrected chi connectivity index (χ1v) is 7.85. The van der Waals surface area contributed by atoms with Crippen molar-refractivity contribution in [3.63, 3.8) is 0 Å². The molecule has 3 aromatic heterocycles. The number of alkyl halides is 3. The number of pyridine rings is 1. The van der Waals surface area contributed by atoms with E-state index in [1.54, 1.807) is 41.2 Å². The van der Waals surface area contributed by atoms with Gasteiger partial charge >= 0.3 is 6.18 Å². The third-order valence-electron chi connectivity index (χ3n) is 3.97. The standard InChI is InChI=1S/C18H12F3N5O/c1-27-16-7-6-15(24-25-16)26-14-5-4-12(18(19,20)21)9-13(14)23-17(26)11-3-2-8-22-10-11/h2-10H,1H3. The van der Waals surface area contributed by atoms with Crippen LogP contribution in [0.3, 0.4) is 0 Å². The molecule has 0 aliphatic heterocycles. The zero-order valence-electron chi connectivity index (χ0n) is 14.0. The molecule has 0 saturated heterocycles. The van der Waals surface area contributed by atoms with Crippen LogP contribution in [0.25, 0.3) is 28.2 Å². The minimum Gasteiger partial charge on any atom is -0.480 e. The average Bonchev–Trinajstić information content (AvgIpc) is 3.07. The SMILES string of the molecule is COc1ccc(-n2c(-c3cccnc3)nc3cc(C(F)(F)F)ccc32)nn1. The van der Waals surface area contributed by atoms with Crippen molar-refractivity contribution in [2.75, 3.05) is 7.11 Å². The molecule has 0 aliphatic carbocycles. The fraction of sp³-hybridized carbons (Fsp3) is 0.111. The summed E-state index contributed by atoms with van der Waals surface area (Å²) in [5, 5.41) is 8.04. The number of nitrogens with zero attached hydrogens (tertiary/aromatic N) is 5. The lowest BCUT2D eigenvalue weighted by molar-refractivity contribution is -0.137. The molecular weight excluding hydrogens is 359 g/mol. The molecule has 0 fully saturated rings. The summed E-state index contributed by atoms with van der Waals surface area (Å²) in [5.74, 6) is 1.14. The summed E-state index contributed by atoms with van der Waals surface area (Å²) < 4.78 is 45.9. The molecule has 27 heavy (non-hydrogen) atoms. The van der Waals surface area contributed by atoms with Gasteiger partial charge in [-0.1, -0.05) is 0 Å². The van der Waals surface area contributed by atoms with Crippen molar-refractivity contribution >= 4 is 11.0 Å². The molecule has 9 heteroatoms. The summed E-state index contributed by atoms with van der Waals surface area (Å²) >= 11 is 0. The van der Waals surface area contributed by atoms with Crippen molar-refractivity contribution in [3.05, 3.63) is 60.4 Å². The summed E-state index contributed by atoms with van der Waals surface area (Å²) in [5.41, 5.74) is 0.542. The minimum atomic E-state index is -4.45. The predicted octanol–water partition coefficient (Wildman–Crippen LogP) is 3.90. The van der Waals surface area contributed by atoms with E-state index in [1.165, 1.54) is 13.2 Å². The molecule has 6 nitrogen and oxygen atoms in total. The first kappa shape index (κ1) is 17.0. The van der Waals surface area contributed by atoms with Gasteiger partial charge in [-0.05, 0) is 36.4 Å². The second-order valence-corrected chi connectivity index (χ2v) is 5.65. The highest BCUT2D eigenvalue weighted by Crippen LogP contribution is 2.34. The van der Waals surface area contributed by atoms with Crippen LogP contribution in [0.4, 0.5) is 13.2 Å². The monoisotopic (exact) mass is 371 g/mol. The van der Waals surface area contributed by atoms with Crippen LogP contribution in [-0.4, -0.2) is 31.8 Å². The summed E-state index contributed by atoms with van der Waals surface area (Å²) in [6.07, 6.45) is -1.27. The first-order chi connectivity index (χ1) is 13.0. The summed E-state index contributed by atoms with van der Waals surface area (Å²) in [6.45, 7) is 0. The number of hydrogen-bond acceptors (Lipinski definition) is 5. The number of hydrogen-bond donors (Lipinski definition) is 0. The third-order valence-corrected chi connectivity index (χ3v) is 3.97. The molecule has 0 unspecified atom stereocenters. The Morgan fingerprint density at radius 2 is 1.89 bits per heavy atom. The Morgan fingerprint density at radius 1 is 1.04 bits per heavy atom. The van der Waals surface area contributed by atoms with Crippen molar-refractivity contribution in [2.24, 2.45) is 0 Å². The lowest BCUT2D eigenvalue weighted by Gasteiger charge is -2.09. The largest absolute Gasteiger partial charge is 0.480 e. The maximum absolute atomic E-state index is 13.1. The van der Waals surface area contributed by atoms with Crippen LogP contribution in [0, 0.1) is 0 Å². The molecule has 0 atom stereocenters. The number of fused-ring (bicyclic) bond motifs is 1. The van der Waals surface area contributed by atoms with Crippen LogP contribution >= 0.6 is 0 Å². The maximum Gasteiger partial charge on any atom is 0.416 e. The molecule has 1 aromatic carbocycles. The van der Waals surface area contributed by atoms with Crippen molar-refractivity contribution in [1.82, 2.24) is 24.7 Å². The van der Waals surface area contributed by atoms with E-state index < -0.39 is 11.7 Å². The van der Waals surface area contributed by atoms with Gasteiger partial charge in [-0.15, -0.1) is 10.2 Å². The second-order valence-electron chi connectivity index (χ2n) is 5.65. The van der Waals surface area contributed by atoms with Gasteiger partial charge in [0.2, 0.25) is 5.88 Å². The lowest BCUT2D eigenvalue weighted by Crippen LogP contribution is -2.05. The average molecular weight is 371 g/mol. The molecule has 0 saturated carbocycles. The zero-order valence-corrected chi connectivity index (χ0v) is 14.0. The van der Waals surface area contributed by atoms with Gasteiger partial charge in [0.05, 0.1) is 23.7 Å². The molecule has 0 spiro atoms. The highest BCUT2D eigenvalue weighted by molar-refractivity contribution is 5.83. The third kappa shape index (κ3) is 3.07. The molecule has 0 radical (unpaired) electrons. The van der Waals surface area contributed by atoms with Crippen LogP contribution in [0.2, 0.25) is 0 Å². The molecule has 0 amide bonds. The van der Waals surface area contributed by atoms with Gasteiger partial charge in [0.15, 0.2) is 5.82 Å². The Kier molecular flexibility index (Phi) is 3.98. The maximum atomic E-state index is 13.1. The number of aromatic nitrogens is 5. The number of ether oxygens (including phenoxy) is 1. The van der Waals surface area contributed by atoms with E-state index in [0.717, 1.165) is 12.1 Å². The van der Waals surface area contributed by atoms with E-state index >= 15 is 0 Å². The smallest absolute Gasteiger partial charge is 0.416 e. The number of halogens is 3. The summed E-state index contributed by atoms with van der Waals surface area (Å²) in [7, 11) is 1.47. The lowest BCUT2D eigenvalue weighted by atomic mass is 10.2. The summed E-state index contributed by atoms with van der Waals surface area (Å²) in [4.78, 5) is 8.46. The Hall–Kier alpha value is -3.49. The molecular formula is C18H12F3N5O. The van der Waals surface area contributed by atoms with Crippen LogP contribution in [0.5, 0.6) is 5.88 Å². The highest BCUT2D eigenvalue weighted by atomic mass is 19.4. The van der Waals surface area contributed by atoms with Crippen LogP contribution in [0.1, 0.15) is 5.56 Å². The van der Waals surface area contributed by atoms with E-state index in [-0.39, 0.29) is 5.52 Å². The number of imidazole rings is 1. The van der Waals surface area contributed by atoms with E-state index in [1.807, 2.05) is 0 Å². The van der Waals surface area contributed by atoms with Crippen molar-refractivity contribution < 1.29 is 17.9 Å². The Labute approximate surface area is 151 Å². The van der Waals surface area contributed by atoms with Gasteiger partial charge < -0.3 is 4.74 Å². The number of methoxy groups -OCH3 is 1. The van der Waals surface area contributed by atoms with Crippen LogP contribution in [0.15, 0.2) is 54.9 Å². The Morgan fingerprint density at radius 3 is 2.52 bits per heavy atom. The van der Waals surface area contributed by atoms with Gasteiger partial charge in [-0.2, -0.15) is 13.2 Å². The molecule has 0 N–H and O–H groups in total. The fourth-order valence-corrected chi connectivity index (χ4v) is 2.72. The van der Waals surface area contributed by atoms with Gasteiger partial charge in [0, 0.05) is 24.0 Å². The number of rotatable bonds is 3. The van der Waals surface area contributed by atoms with Gasteiger partial charge in [0.25, 0.3) is 0 Å². The van der Waals surface area contributed by atoms with Crippen molar-refractivity contribution in [1.29, 1.82) is 0 Å². The fourth-order valence-electron chi connectivity index (χ4n) is 2.72. The topological polar surface area (TPSA) is 65.7 Å². The molecule has 0 aliphatic rings.